The topological polar surface area (TPSA) is 102 Å². The fourth-order valence-electron chi connectivity index (χ4n) is 4.70. The zero-order chi connectivity index (χ0) is 26.9. The molecule has 0 aliphatic rings. The molecule has 2 aromatic rings. The molecule has 0 radical (unpaired) electrons. The third-order valence-corrected chi connectivity index (χ3v) is 17.2. The van der Waals surface area contributed by atoms with Crippen molar-refractivity contribution in [1.29, 1.82) is 0 Å². The molecule has 2 aromatic carbocycles. The van der Waals surface area contributed by atoms with E-state index in [0.717, 1.165) is 47.4 Å². The van der Waals surface area contributed by atoms with Gasteiger partial charge in [-0.25, -0.2) is 0 Å². The Morgan fingerprint density at radius 3 is 1.78 bits per heavy atom. The van der Waals surface area contributed by atoms with Gasteiger partial charge in [-0.05, 0) is 0 Å². The van der Waals surface area contributed by atoms with E-state index >= 15 is 0 Å². The SMILES string of the molecule is CCCCCCC[CH2][Sn]([CH2]CCCCCCC)([NH]c1ccccc1C(=O)O)[O]C(=O)c1ccccc1N. The van der Waals surface area contributed by atoms with Crippen LogP contribution < -0.4 is 9.27 Å². The van der Waals surface area contributed by atoms with Gasteiger partial charge in [0.15, 0.2) is 0 Å². The first kappa shape index (κ1) is 31.0. The van der Waals surface area contributed by atoms with E-state index in [4.69, 9.17) is 8.81 Å². The van der Waals surface area contributed by atoms with Crippen molar-refractivity contribution in [1.82, 2.24) is 0 Å². The molecular formula is C30H46N2O4Sn. The van der Waals surface area contributed by atoms with Crippen molar-refractivity contribution in [3.63, 3.8) is 0 Å². The number of nitrogen functional groups attached to an aromatic ring is 1. The molecule has 0 aliphatic carbocycles. The number of nitrogens with one attached hydrogen (secondary N) is 1. The first-order valence-electron chi connectivity index (χ1n) is 14.1. The minimum atomic E-state index is -3.92. The van der Waals surface area contributed by atoms with Crippen LogP contribution in [0, 0.1) is 0 Å². The minimum absolute atomic E-state index is 0.213. The van der Waals surface area contributed by atoms with Crippen molar-refractivity contribution in [3.05, 3.63) is 59.7 Å². The van der Waals surface area contributed by atoms with Crippen molar-refractivity contribution in [2.75, 3.05) is 9.27 Å². The second-order valence-corrected chi connectivity index (χ2v) is 19.8. The number of carbonyl (C=O) groups is 2. The summed E-state index contributed by atoms with van der Waals surface area (Å²) in [7, 11) is 0. The Morgan fingerprint density at radius 1 is 0.757 bits per heavy atom. The third-order valence-electron chi connectivity index (χ3n) is 6.86. The average molecular weight is 617 g/mol. The summed E-state index contributed by atoms with van der Waals surface area (Å²) < 4.78 is 11.7. The molecule has 0 aliphatic heterocycles. The van der Waals surface area contributed by atoms with E-state index in [1.165, 1.54) is 38.5 Å². The maximum absolute atomic E-state index is 13.4. The van der Waals surface area contributed by atoms with Gasteiger partial charge in [0.2, 0.25) is 0 Å². The molecule has 0 fully saturated rings. The van der Waals surface area contributed by atoms with Crippen molar-refractivity contribution in [2.45, 2.75) is 99.8 Å². The van der Waals surface area contributed by atoms with Crippen LogP contribution in [-0.4, -0.2) is 36.1 Å². The van der Waals surface area contributed by atoms with E-state index in [1.807, 2.05) is 6.07 Å². The zero-order valence-corrected chi connectivity index (χ0v) is 25.6. The second-order valence-electron chi connectivity index (χ2n) is 9.98. The van der Waals surface area contributed by atoms with Crippen LogP contribution in [0.3, 0.4) is 0 Å². The van der Waals surface area contributed by atoms with Gasteiger partial charge in [-0.3, -0.25) is 0 Å². The Hall–Kier alpha value is -2.22. The quantitative estimate of drug-likeness (QED) is 0.0832. The van der Waals surface area contributed by atoms with Crippen molar-refractivity contribution < 1.29 is 17.8 Å². The van der Waals surface area contributed by atoms with E-state index < -0.39 is 31.0 Å². The van der Waals surface area contributed by atoms with Crippen molar-refractivity contribution in [3.8, 4) is 0 Å². The molecule has 37 heavy (non-hydrogen) atoms. The number of hydrogen-bond acceptors (Lipinski definition) is 5. The Kier molecular flexibility index (Phi) is 14.5. The molecule has 0 unspecified atom stereocenters. The van der Waals surface area contributed by atoms with Gasteiger partial charge >= 0.3 is 229 Å². The molecule has 0 saturated carbocycles. The molecule has 0 bridgehead atoms. The van der Waals surface area contributed by atoms with Gasteiger partial charge in [0.1, 0.15) is 0 Å². The number of rotatable bonds is 19. The first-order chi connectivity index (χ1) is 17.9. The predicted molar refractivity (Wildman–Crippen MR) is 155 cm³/mol. The fraction of sp³-hybridized carbons (Fsp3) is 0.533. The van der Waals surface area contributed by atoms with Gasteiger partial charge in [-0.15, -0.1) is 0 Å². The molecule has 204 valence electrons. The number of nitrogens with two attached hydrogens (primary N) is 1. The van der Waals surface area contributed by atoms with Gasteiger partial charge in [-0.2, -0.15) is 0 Å². The van der Waals surface area contributed by atoms with Crippen LogP contribution in [-0.2, 0) is 3.07 Å². The summed E-state index contributed by atoms with van der Waals surface area (Å²) in [5, 5.41) is 9.81. The average Bonchev–Trinajstić information content (AvgIpc) is 2.88. The molecule has 0 heterocycles. The monoisotopic (exact) mass is 618 g/mol. The molecular weight excluding hydrogens is 571 g/mol. The van der Waals surface area contributed by atoms with Gasteiger partial charge in [-0.1, -0.05) is 0 Å². The Bertz CT molecular complexity index is 950. The Morgan fingerprint density at radius 2 is 1.24 bits per heavy atom. The number of carboxylic acids is 1. The molecule has 7 heteroatoms. The van der Waals surface area contributed by atoms with Crippen molar-refractivity contribution in [2.24, 2.45) is 0 Å². The number of benzene rings is 2. The summed E-state index contributed by atoms with van der Waals surface area (Å²) in [5.41, 5.74) is 7.66. The summed E-state index contributed by atoms with van der Waals surface area (Å²) in [4.78, 5) is 25.4. The Balaban J connectivity index is 2.32. The summed E-state index contributed by atoms with van der Waals surface area (Å²) in [6.07, 6.45) is 13.7. The number of aromatic carboxylic acids is 1. The molecule has 0 aromatic heterocycles. The number of para-hydroxylation sites is 2. The number of anilines is 2. The van der Waals surface area contributed by atoms with E-state index in [1.54, 1.807) is 42.5 Å². The van der Waals surface area contributed by atoms with Gasteiger partial charge in [0.05, 0.1) is 0 Å². The first-order valence-corrected chi connectivity index (χ1v) is 20.7. The van der Waals surface area contributed by atoms with Crippen molar-refractivity contribution >= 4 is 42.4 Å². The van der Waals surface area contributed by atoms with E-state index in [9.17, 15) is 14.7 Å². The molecule has 0 saturated heterocycles. The zero-order valence-electron chi connectivity index (χ0n) is 22.8. The third kappa shape index (κ3) is 11.0. The van der Waals surface area contributed by atoms with Crippen LogP contribution >= 0.6 is 0 Å². The van der Waals surface area contributed by atoms with Crippen LogP contribution in [0.25, 0.3) is 0 Å². The summed E-state index contributed by atoms with van der Waals surface area (Å²) in [5.74, 6) is -1.38. The van der Waals surface area contributed by atoms with Gasteiger partial charge < -0.3 is 0 Å². The Labute approximate surface area is 228 Å². The summed E-state index contributed by atoms with van der Waals surface area (Å²) in [6.45, 7) is 4.42. The maximum atomic E-state index is 13.4. The fourth-order valence-corrected chi connectivity index (χ4v) is 14.9. The molecule has 0 atom stereocenters. The number of carboxylic acid groups (broad SMARTS) is 1. The normalized spacial score (nSPS) is 11.3. The molecule has 4 N–H and O–H groups in total. The van der Waals surface area contributed by atoms with E-state index in [2.05, 4.69) is 17.4 Å². The van der Waals surface area contributed by atoms with Crippen LogP contribution in [0.4, 0.5) is 11.4 Å². The van der Waals surface area contributed by atoms with Gasteiger partial charge in [0.25, 0.3) is 0 Å². The molecule has 0 amide bonds. The van der Waals surface area contributed by atoms with Crippen LogP contribution in [0.1, 0.15) is 112 Å². The molecule has 2 rings (SSSR count). The molecule has 0 spiro atoms. The molecule has 6 nitrogen and oxygen atoms in total. The van der Waals surface area contributed by atoms with Crippen LogP contribution in [0.15, 0.2) is 48.5 Å². The van der Waals surface area contributed by atoms with E-state index in [0.29, 0.717) is 16.9 Å². The summed E-state index contributed by atoms with van der Waals surface area (Å²) >= 11 is -3.92. The summed E-state index contributed by atoms with van der Waals surface area (Å²) in [6, 6.07) is 14.0. The standard InChI is InChI=1S/2C8H17.C7H7NO2.C7H6NO2.Sn/c2*1-3-5-7-8-6-4-2;2*8-6-4-2-1-3-5(6)7(9)10;/h2*1,3-8H2,2H3;1-4H,8H2,(H,9,10);1-4,8H,(H,9,10);/q;;;-1;+2/p-1. The predicted octanol–water partition coefficient (Wildman–Crippen LogP) is 8.40. The van der Waals surface area contributed by atoms with Gasteiger partial charge in [0, 0.05) is 0 Å². The number of carbonyl (C=O) groups excluding carboxylic acids is 1. The van der Waals surface area contributed by atoms with Crippen LogP contribution in [0.5, 0.6) is 0 Å². The number of unbranched alkanes of at least 4 members (excludes halogenated alkanes) is 10. The second kappa shape index (κ2) is 17.3. The van der Waals surface area contributed by atoms with E-state index in [-0.39, 0.29) is 5.56 Å². The number of hydrogen-bond donors (Lipinski definition) is 3. The van der Waals surface area contributed by atoms with Crippen LogP contribution in [0.2, 0.25) is 8.87 Å².